The molecule has 1 aromatic rings. The Morgan fingerprint density at radius 1 is 1.30 bits per heavy atom. The molecule has 0 atom stereocenters. The average molecular weight is 277 g/mol. The van der Waals surface area contributed by atoms with Crippen molar-refractivity contribution in [2.75, 3.05) is 19.0 Å². The lowest BCUT2D eigenvalue weighted by Crippen LogP contribution is -2.29. The molecule has 0 bridgehead atoms. The summed E-state index contributed by atoms with van der Waals surface area (Å²) < 4.78 is 6.08. The zero-order valence-corrected chi connectivity index (χ0v) is 13.2. The number of ether oxygens (including phenoxy) is 1. The van der Waals surface area contributed by atoms with E-state index in [4.69, 9.17) is 9.72 Å². The highest BCUT2D eigenvalue weighted by molar-refractivity contribution is 5.36. The van der Waals surface area contributed by atoms with Gasteiger partial charge in [0, 0.05) is 25.4 Å². The first-order chi connectivity index (χ1) is 9.59. The molecule has 0 radical (unpaired) electrons. The van der Waals surface area contributed by atoms with Crippen molar-refractivity contribution in [1.82, 2.24) is 9.97 Å². The molecule has 4 heteroatoms. The monoisotopic (exact) mass is 277 g/mol. The summed E-state index contributed by atoms with van der Waals surface area (Å²) in [5.74, 6) is 2.37. The number of hydrogen-bond donors (Lipinski definition) is 1. The number of nitrogens with zero attached hydrogens (tertiary/aromatic N) is 2. The average Bonchev–Trinajstić information content (AvgIpc) is 2.88. The summed E-state index contributed by atoms with van der Waals surface area (Å²) >= 11 is 0. The van der Waals surface area contributed by atoms with Crippen molar-refractivity contribution in [2.45, 2.75) is 58.5 Å². The van der Waals surface area contributed by atoms with Crippen LogP contribution in [0, 0.1) is 5.92 Å². The van der Waals surface area contributed by atoms with Crippen molar-refractivity contribution in [3.05, 3.63) is 17.6 Å². The number of hydrogen-bond acceptors (Lipinski definition) is 4. The second kappa shape index (κ2) is 6.53. The smallest absolute Gasteiger partial charge is 0.162 e. The highest BCUT2D eigenvalue weighted by Crippen LogP contribution is 2.40. The van der Waals surface area contributed by atoms with E-state index >= 15 is 0 Å². The maximum absolute atomic E-state index is 6.08. The van der Waals surface area contributed by atoms with Gasteiger partial charge in [-0.25, -0.2) is 9.97 Å². The van der Waals surface area contributed by atoms with Crippen LogP contribution in [-0.2, 0) is 16.8 Å². The molecule has 0 spiro atoms. The summed E-state index contributed by atoms with van der Waals surface area (Å²) in [7, 11) is 1.91. The van der Waals surface area contributed by atoms with Crippen LogP contribution in [0.15, 0.2) is 6.07 Å². The zero-order valence-electron chi connectivity index (χ0n) is 13.2. The standard InChI is InChI=1S/C16H27N3O/c1-5-20-16(8-6-7-9-16)15-18-13(10-12(2)3)11-14(17-4)19-15/h11-12H,5-10H2,1-4H3,(H,17,18,19). The van der Waals surface area contributed by atoms with E-state index in [1.54, 1.807) is 0 Å². The molecule has 1 heterocycles. The summed E-state index contributed by atoms with van der Waals surface area (Å²) in [5, 5.41) is 3.16. The van der Waals surface area contributed by atoms with Crippen LogP contribution in [0.25, 0.3) is 0 Å². The van der Waals surface area contributed by atoms with Crippen molar-refractivity contribution in [3.8, 4) is 0 Å². The first-order valence-corrected chi connectivity index (χ1v) is 7.80. The van der Waals surface area contributed by atoms with Crippen LogP contribution in [0.4, 0.5) is 5.82 Å². The molecular weight excluding hydrogens is 250 g/mol. The van der Waals surface area contributed by atoms with Crippen molar-refractivity contribution < 1.29 is 4.74 Å². The first-order valence-electron chi connectivity index (χ1n) is 7.80. The number of anilines is 1. The Hall–Kier alpha value is -1.16. The molecule has 1 fully saturated rings. The minimum absolute atomic E-state index is 0.257. The van der Waals surface area contributed by atoms with E-state index in [1.165, 1.54) is 12.8 Å². The van der Waals surface area contributed by atoms with E-state index in [2.05, 4.69) is 37.1 Å². The fourth-order valence-electron chi connectivity index (χ4n) is 3.01. The van der Waals surface area contributed by atoms with Gasteiger partial charge in [0.1, 0.15) is 11.4 Å². The number of aromatic nitrogens is 2. The lowest BCUT2D eigenvalue weighted by atomic mass is 10.00. The van der Waals surface area contributed by atoms with E-state index in [0.717, 1.165) is 36.6 Å². The van der Waals surface area contributed by atoms with Crippen LogP contribution in [0.2, 0.25) is 0 Å². The highest BCUT2D eigenvalue weighted by Gasteiger charge is 2.39. The van der Waals surface area contributed by atoms with E-state index in [1.807, 2.05) is 7.05 Å². The normalized spacial score (nSPS) is 17.6. The summed E-state index contributed by atoms with van der Waals surface area (Å²) in [4.78, 5) is 9.50. The Kier molecular flexibility index (Phi) is 4.97. The van der Waals surface area contributed by atoms with Crippen LogP contribution in [0.3, 0.4) is 0 Å². The second-order valence-electron chi connectivity index (χ2n) is 6.05. The summed E-state index contributed by atoms with van der Waals surface area (Å²) in [6, 6.07) is 2.05. The van der Waals surface area contributed by atoms with Gasteiger partial charge in [0.15, 0.2) is 5.82 Å². The molecule has 0 amide bonds. The number of nitrogens with one attached hydrogen (secondary N) is 1. The molecule has 20 heavy (non-hydrogen) atoms. The molecule has 2 rings (SSSR count). The fraction of sp³-hybridized carbons (Fsp3) is 0.750. The third-order valence-electron chi connectivity index (χ3n) is 3.89. The predicted octanol–water partition coefficient (Wildman–Crippen LogP) is 3.52. The van der Waals surface area contributed by atoms with Crippen LogP contribution >= 0.6 is 0 Å². The molecule has 0 aliphatic heterocycles. The second-order valence-corrected chi connectivity index (χ2v) is 6.05. The molecule has 0 saturated heterocycles. The Morgan fingerprint density at radius 2 is 2.00 bits per heavy atom. The quantitative estimate of drug-likeness (QED) is 0.864. The summed E-state index contributed by atoms with van der Waals surface area (Å²) in [5.41, 5.74) is 0.855. The van der Waals surface area contributed by atoms with Crippen LogP contribution in [0.5, 0.6) is 0 Å². The van der Waals surface area contributed by atoms with E-state index < -0.39 is 0 Å². The van der Waals surface area contributed by atoms with Gasteiger partial charge in [0.05, 0.1) is 0 Å². The molecule has 112 valence electrons. The third kappa shape index (κ3) is 3.29. The van der Waals surface area contributed by atoms with Gasteiger partial charge in [-0.1, -0.05) is 13.8 Å². The zero-order chi connectivity index (χ0) is 14.6. The van der Waals surface area contributed by atoms with Crippen molar-refractivity contribution in [1.29, 1.82) is 0 Å². The van der Waals surface area contributed by atoms with E-state index in [-0.39, 0.29) is 5.60 Å². The number of rotatable bonds is 6. The van der Waals surface area contributed by atoms with Gasteiger partial charge in [-0.3, -0.25) is 0 Å². The molecule has 0 unspecified atom stereocenters. The molecule has 1 saturated carbocycles. The van der Waals surface area contributed by atoms with Gasteiger partial charge in [0.25, 0.3) is 0 Å². The Balaban J connectivity index is 2.37. The molecule has 0 aromatic carbocycles. The highest BCUT2D eigenvalue weighted by atomic mass is 16.5. The molecule has 4 nitrogen and oxygen atoms in total. The topological polar surface area (TPSA) is 47.0 Å². The van der Waals surface area contributed by atoms with Crippen LogP contribution in [-0.4, -0.2) is 23.6 Å². The lowest BCUT2D eigenvalue weighted by Gasteiger charge is -2.28. The lowest BCUT2D eigenvalue weighted by molar-refractivity contribution is -0.0457. The maximum atomic E-state index is 6.08. The Labute approximate surface area is 122 Å². The van der Waals surface area contributed by atoms with Crippen molar-refractivity contribution in [2.24, 2.45) is 5.92 Å². The van der Waals surface area contributed by atoms with Gasteiger partial charge in [0.2, 0.25) is 0 Å². The van der Waals surface area contributed by atoms with Crippen molar-refractivity contribution >= 4 is 5.82 Å². The third-order valence-corrected chi connectivity index (χ3v) is 3.89. The fourth-order valence-corrected chi connectivity index (χ4v) is 3.01. The molecule has 1 aliphatic carbocycles. The van der Waals surface area contributed by atoms with Crippen LogP contribution < -0.4 is 5.32 Å². The minimum atomic E-state index is -0.257. The predicted molar refractivity (Wildman–Crippen MR) is 81.9 cm³/mol. The van der Waals surface area contributed by atoms with Gasteiger partial charge in [-0.2, -0.15) is 0 Å². The van der Waals surface area contributed by atoms with Gasteiger partial charge in [-0.15, -0.1) is 0 Å². The first kappa shape index (κ1) is 15.2. The van der Waals surface area contributed by atoms with Gasteiger partial charge >= 0.3 is 0 Å². The van der Waals surface area contributed by atoms with Crippen LogP contribution in [0.1, 0.15) is 58.0 Å². The van der Waals surface area contributed by atoms with Gasteiger partial charge < -0.3 is 10.1 Å². The van der Waals surface area contributed by atoms with E-state index in [9.17, 15) is 0 Å². The van der Waals surface area contributed by atoms with Crippen molar-refractivity contribution in [3.63, 3.8) is 0 Å². The summed E-state index contributed by atoms with van der Waals surface area (Å²) in [6.07, 6.45) is 5.45. The molecule has 1 aliphatic rings. The Morgan fingerprint density at radius 3 is 2.55 bits per heavy atom. The van der Waals surface area contributed by atoms with Gasteiger partial charge in [-0.05, 0) is 44.9 Å². The largest absolute Gasteiger partial charge is 0.373 e. The SMILES string of the molecule is CCOC1(c2nc(CC(C)C)cc(NC)n2)CCCC1. The minimum Gasteiger partial charge on any atom is -0.373 e. The van der Waals surface area contributed by atoms with E-state index in [0.29, 0.717) is 12.5 Å². The molecule has 1 N–H and O–H groups in total. The summed E-state index contributed by atoms with van der Waals surface area (Å²) in [6.45, 7) is 7.20. The Bertz CT molecular complexity index is 439. The molecule has 1 aromatic heterocycles. The maximum Gasteiger partial charge on any atom is 0.162 e. The molecular formula is C16H27N3O.